The number of benzene rings is 2. The minimum Gasteiger partial charge on any atom is -0.496 e. The Morgan fingerprint density at radius 3 is 2.69 bits per heavy atom. The lowest BCUT2D eigenvalue weighted by Crippen LogP contribution is -2.10. The lowest BCUT2D eigenvalue weighted by atomic mass is 10.1. The molecule has 0 spiro atoms. The molecule has 0 atom stereocenters. The van der Waals surface area contributed by atoms with Crippen LogP contribution >= 0.6 is 34.7 Å². The monoisotopic (exact) mass is 482 g/mol. The fourth-order valence-corrected chi connectivity index (χ4v) is 5.10. The van der Waals surface area contributed by atoms with Crippen molar-refractivity contribution in [3.8, 4) is 28.3 Å². The maximum absolute atomic E-state index is 12.8. The van der Waals surface area contributed by atoms with Crippen LogP contribution in [-0.2, 0) is 5.75 Å². The molecule has 0 unspecified atom stereocenters. The molecule has 32 heavy (non-hydrogen) atoms. The molecule has 0 aliphatic rings. The van der Waals surface area contributed by atoms with Gasteiger partial charge in [0, 0.05) is 21.5 Å². The van der Waals surface area contributed by atoms with Crippen molar-refractivity contribution in [2.24, 2.45) is 0 Å². The van der Waals surface area contributed by atoms with Crippen molar-refractivity contribution >= 4 is 44.9 Å². The molecular formula is C22H15ClN4O3S2. The maximum atomic E-state index is 12.8. The number of halogens is 1. The highest BCUT2D eigenvalue weighted by Crippen LogP contribution is 2.35. The summed E-state index contributed by atoms with van der Waals surface area (Å²) in [7, 11) is 1.59. The predicted molar refractivity (Wildman–Crippen MR) is 127 cm³/mol. The van der Waals surface area contributed by atoms with Crippen LogP contribution in [0.4, 0.5) is 0 Å². The second kappa shape index (κ2) is 8.78. The normalized spacial score (nSPS) is 11.2. The van der Waals surface area contributed by atoms with E-state index in [1.54, 1.807) is 13.2 Å². The van der Waals surface area contributed by atoms with Crippen LogP contribution in [0.5, 0.6) is 5.75 Å². The number of para-hydroxylation sites is 1. The number of nitrogens with zero attached hydrogens (tertiary/aromatic N) is 3. The third kappa shape index (κ3) is 3.90. The minimum absolute atomic E-state index is 0.206. The Labute approximate surface area is 195 Å². The van der Waals surface area contributed by atoms with Crippen LogP contribution in [0.3, 0.4) is 0 Å². The summed E-state index contributed by atoms with van der Waals surface area (Å²) in [5.41, 5.74) is 2.10. The molecule has 0 saturated heterocycles. The summed E-state index contributed by atoms with van der Waals surface area (Å²) in [6.07, 6.45) is 0. The van der Waals surface area contributed by atoms with Gasteiger partial charge in [0.15, 0.2) is 0 Å². The standard InChI is InChI=1S/C22H15ClN4O3S2/c1-29-16-9-5-3-7-13(16)20-26-27-22(30-20)32-11-17-24-19(28)18-14(10-31-21(18)25-17)12-6-2-4-8-15(12)23/h2-10H,11H2,1H3,(H,24,25,28). The number of hydrogen-bond acceptors (Lipinski definition) is 8. The molecular weight excluding hydrogens is 468 g/mol. The Bertz CT molecular complexity index is 1480. The molecule has 160 valence electrons. The number of thioether (sulfide) groups is 1. The summed E-state index contributed by atoms with van der Waals surface area (Å²) in [6, 6.07) is 14.9. The lowest BCUT2D eigenvalue weighted by Gasteiger charge is -2.03. The van der Waals surface area contributed by atoms with Crippen molar-refractivity contribution in [1.82, 2.24) is 20.2 Å². The third-order valence-corrected chi connectivity index (χ3v) is 6.76. The first-order valence-corrected chi connectivity index (χ1v) is 11.7. The molecule has 0 bridgehead atoms. The maximum Gasteiger partial charge on any atom is 0.277 e. The SMILES string of the molecule is COc1ccccc1-c1nnc(SCc2nc3scc(-c4ccccc4Cl)c3c(=O)[nH]2)o1. The quantitative estimate of drug-likeness (QED) is 0.312. The van der Waals surface area contributed by atoms with E-state index >= 15 is 0 Å². The molecule has 3 aromatic heterocycles. The number of ether oxygens (including phenoxy) is 1. The number of rotatable bonds is 6. The van der Waals surface area contributed by atoms with E-state index in [9.17, 15) is 4.79 Å². The summed E-state index contributed by atoms with van der Waals surface area (Å²) in [5.74, 6) is 1.91. The fraction of sp³-hybridized carbons (Fsp3) is 0.0909. The van der Waals surface area contributed by atoms with Gasteiger partial charge in [-0.1, -0.05) is 53.7 Å². The molecule has 1 N–H and O–H groups in total. The van der Waals surface area contributed by atoms with Crippen LogP contribution in [-0.4, -0.2) is 27.3 Å². The average molecular weight is 483 g/mol. The first kappa shape index (κ1) is 20.7. The molecule has 0 fully saturated rings. The van der Waals surface area contributed by atoms with Gasteiger partial charge in [-0.3, -0.25) is 4.79 Å². The summed E-state index contributed by atoms with van der Waals surface area (Å²) in [6.45, 7) is 0. The van der Waals surface area contributed by atoms with E-state index in [-0.39, 0.29) is 5.56 Å². The topological polar surface area (TPSA) is 93.9 Å². The number of hydrogen-bond donors (Lipinski definition) is 1. The molecule has 5 rings (SSSR count). The Kier molecular flexibility index (Phi) is 5.69. The molecule has 0 aliphatic carbocycles. The van der Waals surface area contributed by atoms with Crippen molar-refractivity contribution < 1.29 is 9.15 Å². The van der Waals surface area contributed by atoms with Crippen molar-refractivity contribution in [3.63, 3.8) is 0 Å². The highest BCUT2D eigenvalue weighted by molar-refractivity contribution is 7.98. The van der Waals surface area contributed by atoms with Crippen LogP contribution in [0.1, 0.15) is 5.82 Å². The van der Waals surface area contributed by atoms with Crippen LogP contribution < -0.4 is 10.3 Å². The van der Waals surface area contributed by atoms with Gasteiger partial charge in [-0.05, 0) is 18.2 Å². The number of H-pyrrole nitrogens is 1. The van der Waals surface area contributed by atoms with Gasteiger partial charge < -0.3 is 14.1 Å². The number of nitrogens with one attached hydrogen (secondary N) is 1. The zero-order chi connectivity index (χ0) is 22.1. The van der Waals surface area contributed by atoms with E-state index in [1.807, 2.05) is 47.8 Å². The molecule has 10 heteroatoms. The largest absolute Gasteiger partial charge is 0.496 e. The molecule has 0 saturated carbocycles. The number of fused-ring (bicyclic) bond motifs is 1. The molecule has 2 aromatic carbocycles. The van der Waals surface area contributed by atoms with Crippen molar-refractivity contribution in [1.29, 1.82) is 0 Å². The Morgan fingerprint density at radius 2 is 1.88 bits per heavy atom. The highest BCUT2D eigenvalue weighted by atomic mass is 35.5. The minimum atomic E-state index is -0.206. The molecule has 5 aromatic rings. The van der Waals surface area contributed by atoms with E-state index in [1.165, 1.54) is 23.1 Å². The summed E-state index contributed by atoms with van der Waals surface area (Å²) >= 11 is 9.02. The summed E-state index contributed by atoms with van der Waals surface area (Å²) < 4.78 is 11.1. The van der Waals surface area contributed by atoms with Gasteiger partial charge >= 0.3 is 0 Å². The molecule has 3 heterocycles. The van der Waals surface area contributed by atoms with Crippen molar-refractivity contribution in [2.75, 3.05) is 7.11 Å². The van der Waals surface area contributed by atoms with Gasteiger partial charge in [0.25, 0.3) is 16.7 Å². The zero-order valence-electron chi connectivity index (χ0n) is 16.7. The van der Waals surface area contributed by atoms with Gasteiger partial charge in [0.1, 0.15) is 16.4 Å². The van der Waals surface area contributed by atoms with Crippen LogP contribution in [0.25, 0.3) is 32.8 Å². The van der Waals surface area contributed by atoms with Crippen LogP contribution in [0, 0.1) is 0 Å². The van der Waals surface area contributed by atoms with E-state index in [0.717, 1.165) is 11.1 Å². The number of thiophene rings is 1. The summed E-state index contributed by atoms with van der Waals surface area (Å²) in [4.78, 5) is 21.0. The smallest absolute Gasteiger partial charge is 0.277 e. The number of aromatic amines is 1. The molecule has 0 aliphatic heterocycles. The first-order chi connectivity index (χ1) is 15.6. The first-order valence-electron chi connectivity index (χ1n) is 9.49. The van der Waals surface area contributed by atoms with E-state index in [2.05, 4.69) is 20.2 Å². The van der Waals surface area contributed by atoms with E-state index in [4.69, 9.17) is 20.8 Å². The second-order valence-electron chi connectivity index (χ2n) is 6.68. The Balaban J connectivity index is 1.39. The predicted octanol–water partition coefficient (Wildman–Crippen LogP) is 5.66. The van der Waals surface area contributed by atoms with Gasteiger partial charge in [-0.2, -0.15) is 0 Å². The lowest BCUT2D eigenvalue weighted by molar-refractivity contribution is 0.411. The Hall–Kier alpha value is -3.14. The van der Waals surface area contributed by atoms with Crippen LogP contribution in [0.2, 0.25) is 5.02 Å². The van der Waals surface area contributed by atoms with Gasteiger partial charge in [0.05, 0.1) is 23.8 Å². The van der Waals surface area contributed by atoms with E-state index < -0.39 is 0 Å². The van der Waals surface area contributed by atoms with Crippen LogP contribution in [0.15, 0.2) is 68.3 Å². The molecule has 0 amide bonds. The number of methoxy groups -OCH3 is 1. The van der Waals surface area contributed by atoms with Crippen molar-refractivity contribution in [3.05, 3.63) is 75.1 Å². The Morgan fingerprint density at radius 1 is 1.09 bits per heavy atom. The van der Waals surface area contributed by atoms with Gasteiger partial charge in [-0.15, -0.1) is 21.5 Å². The third-order valence-electron chi connectivity index (χ3n) is 4.73. The second-order valence-corrected chi connectivity index (χ2v) is 8.88. The van der Waals surface area contributed by atoms with Gasteiger partial charge in [-0.25, -0.2) is 4.98 Å². The highest BCUT2D eigenvalue weighted by Gasteiger charge is 2.17. The fourth-order valence-electron chi connectivity index (χ4n) is 3.27. The molecule has 7 nitrogen and oxygen atoms in total. The zero-order valence-corrected chi connectivity index (χ0v) is 19.1. The van der Waals surface area contributed by atoms with Crippen molar-refractivity contribution in [2.45, 2.75) is 11.0 Å². The molecule has 0 radical (unpaired) electrons. The average Bonchev–Trinajstić information content (AvgIpc) is 3.45. The number of aromatic nitrogens is 4. The summed E-state index contributed by atoms with van der Waals surface area (Å²) in [5, 5.41) is 11.6. The van der Waals surface area contributed by atoms with E-state index in [0.29, 0.717) is 49.2 Å². The van der Waals surface area contributed by atoms with Gasteiger partial charge in [0.2, 0.25) is 0 Å².